The molecule has 1 aromatic heterocycles. The molecule has 0 saturated carbocycles. The number of hydrogen-bond acceptors (Lipinski definition) is 8. The molecule has 2 aliphatic heterocycles. The Labute approximate surface area is 189 Å². The molecular formula is C23H27N5O3S. The highest BCUT2D eigenvalue weighted by Crippen LogP contribution is 2.31. The van der Waals surface area contributed by atoms with Gasteiger partial charge in [0.25, 0.3) is 0 Å². The van der Waals surface area contributed by atoms with Gasteiger partial charge in [0.2, 0.25) is 5.95 Å². The lowest BCUT2D eigenvalue weighted by atomic mass is 9.86. The fourth-order valence-electron chi connectivity index (χ4n) is 4.11. The van der Waals surface area contributed by atoms with Crippen LogP contribution in [0.2, 0.25) is 0 Å². The molecule has 0 bridgehead atoms. The molecule has 3 aromatic rings. The van der Waals surface area contributed by atoms with Crippen LogP contribution in [0.4, 0.5) is 11.8 Å². The van der Waals surface area contributed by atoms with Crippen LogP contribution in [0, 0.1) is 5.41 Å². The number of nitrogens with zero attached hydrogens (tertiary/aromatic N) is 3. The third-order valence-electron chi connectivity index (χ3n) is 6.22. The number of benzene rings is 2. The van der Waals surface area contributed by atoms with Crippen molar-refractivity contribution in [2.75, 3.05) is 48.8 Å². The average Bonchev–Trinajstić information content (AvgIpc) is 2.97. The molecule has 1 unspecified atom stereocenters. The number of aromatic nitrogens is 2. The van der Waals surface area contributed by atoms with Gasteiger partial charge in [0.05, 0.1) is 36.1 Å². The summed E-state index contributed by atoms with van der Waals surface area (Å²) < 4.78 is 18.1. The molecule has 0 amide bonds. The van der Waals surface area contributed by atoms with Gasteiger partial charge in [0.1, 0.15) is 5.82 Å². The smallest absolute Gasteiger partial charge is 0.228 e. The molecule has 1 fully saturated rings. The molecule has 1 saturated heterocycles. The molecule has 168 valence electrons. The summed E-state index contributed by atoms with van der Waals surface area (Å²) in [6, 6.07) is 13.5. The minimum absolute atomic E-state index is 0.0492. The van der Waals surface area contributed by atoms with Crippen LogP contribution in [-0.4, -0.2) is 57.9 Å². The molecule has 2 aromatic carbocycles. The van der Waals surface area contributed by atoms with E-state index >= 15 is 0 Å². The minimum atomic E-state index is -1.04. The SMILES string of the molecule is NCC1(CNc2nc(N3CCS(=O)c4ccccc4C3)nc3ccc(CO)cc23)COC1. The predicted octanol–water partition coefficient (Wildman–Crippen LogP) is 1.64. The van der Waals surface area contributed by atoms with E-state index in [-0.39, 0.29) is 12.0 Å². The summed E-state index contributed by atoms with van der Waals surface area (Å²) in [4.78, 5) is 12.7. The molecule has 0 radical (unpaired) electrons. The third-order valence-corrected chi connectivity index (χ3v) is 7.66. The summed E-state index contributed by atoms with van der Waals surface area (Å²) >= 11 is 0. The highest BCUT2D eigenvalue weighted by molar-refractivity contribution is 7.85. The van der Waals surface area contributed by atoms with Crippen LogP contribution >= 0.6 is 0 Å². The molecule has 9 heteroatoms. The number of aliphatic hydroxyl groups excluding tert-OH is 1. The van der Waals surface area contributed by atoms with E-state index in [1.54, 1.807) is 0 Å². The normalized spacial score (nSPS) is 19.8. The van der Waals surface area contributed by atoms with E-state index in [0.29, 0.717) is 56.9 Å². The van der Waals surface area contributed by atoms with Crippen LogP contribution < -0.4 is 16.0 Å². The van der Waals surface area contributed by atoms with E-state index in [1.807, 2.05) is 42.5 Å². The monoisotopic (exact) mass is 453 g/mol. The van der Waals surface area contributed by atoms with Gasteiger partial charge in [0, 0.05) is 47.6 Å². The lowest BCUT2D eigenvalue weighted by Gasteiger charge is -2.40. The van der Waals surface area contributed by atoms with Crippen molar-refractivity contribution in [3.8, 4) is 0 Å². The first-order valence-electron chi connectivity index (χ1n) is 10.8. The summed E-state index contributed by atoms with van der Waals surface area (Å²) in [7, 11) is -1.04. The Bertz CT molecular complexity index is 1160. The number of hydrogen-bond donors (Lipinski definition) is 3. The maximum Gasteiger partial charge on any atom is 0.228 e. The van der Waals surface area contributed by atoms with Crippen molar-refractivity contribution in [3.63, 3.8) is 0 Å². The summed E-state index contributed by atoms with van der Waals surface area (Å²) in [5.74, 6) is 1.83. The van der Waals surface area contributed by atoms with Gasteiger partial charge in [-0.05, 0) is 29.3 Å². The van der Waals surface area contributed by atoms with Crippen LogP contribution in [-0.2, 0) is 28.7 Å². The number of anilines is 2. The Hall–Kier alpha value is -2.59. The number of rotatable bonds is 6. The van der Waals surface area contributed by atoms with Gasteiger partial charge in [-0.25, -0.2) is 4.98 Å². The third kappa shape index (κ3) is 3.97. The van der Waals surface area contributed by atoms with E-state index < -0.39 is 10.8 Å². The average molecular weight is 454 g/mol. The largest absolute Gasteiger partial charge is 0.392 e. The van der Waals surface area contributed by atoms with Gasteiger partial charge < -0.3 is 25.8 Å². The zero-order valence-corrected chi connectivity index (χ0v) is 18.6. The van der Waals surface area contributed by atoms with Crippen molar-refractivity contribution in [1.82, 2.24) is 9.97 Å². The van der Waals surface area contributed by atoms with Gasteiger partial charge in [-0.15, -0.1) is 0 Å². The van der Waals surface area contributed by atoms with Crippen molar-refractivity contribution in [1.29, 1.82) is 0 Å². The molecule has 32 heavy (non-hydrogen) atoms. The highest BCUT2D eigenvalue weighted by atomic mass is 32.2. The molecule has 1 atom stereocenters. The second kappa shape index (κ2) is 8.74. The van der Waals surface area contributed by atoms with Crippen LogP contribution in [0.5, 0.6) is 0 Å². The highest BCUT2D eigenvalue weighted by Gasteiger charge is 2.37. The Morgan fingerprint density at radius 1 is 1.22 bits per heavy atom. The Balaban J connectivity index is 1.52. The number of nitrogens with two attached hydrogens (primary N) is 1. The van der Waals surface area contributed by atoms with Crippen LogP contribution in [0.15, 0.2) is 47.4 Å². The summed E-state index contributed by atoms with van der Waals surface area (Å²) in [6.45, 7) is 3.58. The van der Waals surface area contributed by atoms with Crippen molar-refractivity contribution >= 4 is 33.5 Å². The van der Waals surface area contributed by atoms with Gasteiger partial charge in [-0.1, -0.05) is 24.3 Å². The van der Waals surface area contributed by atoms with Crippen molar-refractivity contribution in [2.45, 2.75) is 18.0 Å². The molecular weight excluding hydrogens is 426 g/mol. The van der Waals surface area contributed by atoms with Gasteiger partial charge in [-0.2, -0.15) is 4.98 Å². The second-order valence-corrected chi connectivity index (χ2v) is 10.1. The van der Waals surface area contributed by atoms with Crippen molar-refractivity contribution < 1.29 is 14.1 Å². The molecule has 0 spiro atoms. The van der Waals surface area contributed by atoms with Gasteiger partial charge in [-0.3, -0.25) is 4.21 Å². The van der Waals surface area contributed by atoms with E-state index in [4.69, 9.17) is 20.4 Å². The number of nitrogens with one attached hydrogen (secondary N) is 1. The molecule has 2 aliphatic rings. The number of ether oxygens (including phenoxy) is 1. The number of fused-ring (bicyclic) bond motifs is 2. The second-order valence-electron chi connectivity index (χ2n) is 8.51. The Kier molecular flexibility index (Phi) is 5.81. The minimum Gasteiger partial charge on any atom is -0.392 e. The van der Waals surface area contributed by atoms with Crippen molar-refractivity contribution in [3.05, 3.63) is 53.6 Å². The maximum absolute atomic E-state index is 12.7. The van der Waals surface area contributed by atoms with Crippen LogP contribution in [0.3, 0.4) is 0 Å². The van der Waals surface area contributed by atoms with Gasteiger partial charge in [0.15, 0.2) is 0 Å². The zero-order chi connectivity index (χ0) is 22.1. The summed E-state index contributed by atoms with van der Waals surface area (Å²) in [5, 5.41) is 13.9. The Morgan fingerprint density at radius 3 is 2.81 bits per heavy atom. The molecule has 0 aliphatic carbocycles. The standard InChI is InChI=1S/C23H27N5O3S/c24-12-23(14-31-15-23)13-25-21-18-9-16(11-29)5-6-19(18)26-22(27-21)28-7-8-32(30)20-4-2-1-3-17(20)10-28/h1-6,9,29H,7-8,10-15,24H2,(H,25,26,27). The lowest BCUT2D eigenvalue weighted by molar-refractivity contribution is -0.0979. The van der Waals surface area contributed by atoms with Crippen molar-refractivity contribution in [2.24, 2.45) is 11.1 Å². The first kappa shape index (κ1) is 21.3. The summed E-state index contributed by atoms with van der Waals surface area (Å²) in [5.41, 5.74) is 8.53. The fourth-order valence-corrected chi connectivity index (χ4v) is 5.37. The van der Waals surface area contributed by atoms with E-state index in [1.165, 1.54) is 0 Å². The predicted molar refractivity (Wildman–Crippen MR) is 125 cm³/mol. The Morgan fingerprint density at radius 2 is 2.06 bits per heavy atom. The fraction of sp³-hybridized carbons (Fsp3) is 0.391. The first-order chi connectivity index (χ1) is 15.6. The number of aliphatic hydroxyl groups is 1. The molecule has 8 nitrogen and oxygen atoms in total. The van der Waals surface area contributed by atoms with E-state index in [9.17, 15) is 9.32 Å². The molecule has 3 heterocycles. The van der Waals surface area contributed by atoms with Crippen LogP contribution in [0.25, 0.3) is 10.9 Å². The van der Waals surface area contributed by atoms with E-state index in [0.717, 1.165) is 26.9 Å². The van der Waals surface area contributed by atoms with Gasteiger partial charge >= 0.3 is 0 Å². The quantitative estimate of drug-likeness (QED) is 0.516. The zero-order valence-electron chi connectivity index (χ0n) is 17.8. The molecule has 4 N–H and O–H groups in total. The lowest BCUT2D eigenvalue weighted by Crippen LogP contribution is -2.52. The summed E-state index contributed by atoms with van der Waals surface area (Å²) in [6.07, 6.45) is 0. The topological polar surface area (TPSA) is 114 Å². The van der Waals surface area contributed by atoms with E-state index in [2.05, 4.69) is 10.2 Å². The maximum atomic E-state index is 12.7. The van der Waals surface area contributed by atoms with Crippen LogP contribution in [0.1, 0.15) is 11.1 Å². The molecule has 5 rings (SSSR count). The first-order valence-corrected chi connectivity index (χ1v) is 12.1.